The number of benzene rings is 2. The molecular formula is C22H20F2N4O. The zero-order valence-electron chi connectivity index (χ0n) is 15.7. The fourth-order valence-corrected chi connectivity index (χ4v) is 3.42. The van der Waals surface area contributed by atoms with Crippen LogP contribution in [0.3, 0.4) is 0 Å². The van der Waals surface area contributed by atoms with E-state index in [1.807, 2.05) is 0 Å². The van der Waals surface area contributed by atoms with E-state index in [0.29, 0.717) is 17.0 Å². The lowest BCUT2D eigenvalue weighted by molar-refractivity contribution is -0.111. The molecule has 148 valence electrons. The Balaban J connectivity index is 1.55. The van der Waals surface area contributed by atoms with Crippen molar-refractivity contribution < 1.29 is 13.6 Å². The minimum Gasteiger partial charge on any atom is -0.320 e. The molecule has 1 aliphatic rings. The number of anilines is 1. The summed E-state index contributed by atoms with van der Waals surface area (Å²) >= 11 is 0. The van der Waals surface area contributed by atoms with Gasteiger partial charge in [-0.05, 0) is 54.8 Å². The molecule has 0 saturated heterocycles. The Morgan fingerprint density at radius 2 is 1.97 bits per heavy atom. The topological polar surface area (TPSA) is 59.8 Å². The van der Waals surface area contributed by atoms with E-state index in [2.05, 4.69) is 20.1 Å². The molecule has 0 unspecified atom stereocenters. The number of hydrogen-bond donors (Lipinski definition) is 1. The Bertz CT molecular complexity index is 1070. The lowest BCUT2D eigenvalue weighted by atomic mass is 10.1. The quantitative estimate of drug-likeness (QED) is 0.658. The maximum atomic E-state index is 14.3. The van der Waals surface area contributed by atoms with Gasteiger partial charge in [0.05, 0.1) is 5.69 Å². The summed E-state index contributed by atoms with van der Waals surface area (Å²) in [6, 6.07) is 10.4. The van der Waals surface area contributed by atoms with Crippen molar-refractivity contribution in [3.8, 4) is 11.4 Å². The summed E-state index contributed by atoms with van der Waals surface area (Å²) in [5.41, 5.74) is 1.29. The molecule has 0 bridgehead atoms. The van der Waals surface area contributed by atoms with E-state index < -0.39 is 17.5 Å². The number of nitrogens with one attached hydrogen (secondary N) is 1. The zero-order valence-corrected chi connectivity index (χ0v) is 15.7. The van der Waals surface area contributed by atoms with E-state index in [9.17, 15) is 13.6 Å². The van der Waals surface area contributed by atoms with Crippen LogP contribution in [0.4, 0.5) is 14.5 Å². The van der Waals surface area contributed by atoms with Gasteiger partial charge in [0.2, 0.25) is 5.91 Å². The number of carbonyl (C=O) groups excluding carboxylic acids is 1. The second kappa shape index (κ2) is 8.34. The lowest BCUT2D eigenvalue weighted by Gasteiger charge is -2.09. The molecule has 7 heteroatoms. The molecule has 5 nitrogen and oxygen atoms in total. The van der Waals surface area contributed by atoms with Gasteiger partial charge in [-0.2, -0.15) is 0 Å². The first-order valence-electron chi connectivity index (χ1n) is 9.57. The molecule has 1 amide bonds. The third kappa shape index (κ3) is 4.39. The molecule has 0 saturated carbocycles. The van der Waals surface area contributed by atoms with Crippen LogP contribution >= 0.6 is 0 Å². The predicted octanol–water partition coefficient (Wildman–Crippen LogP) is 4.60. The van der Waals surface area contributed by atoms with Crippen molar-refractivity contribution in [2.45, 2.75) is 32.2 Å². The third-order valence-electron chi connectivity index (χ3n) is 4.87. The van der Waals surface area contributed by atoms with Gasteiger partial charge in [0.15, 0.2) is 5.82 Å². The van der Waals surface area contributed by atoms with Crippen molar-refractivity contribution >= 4 is 17.7 Å². The predicted molar refractivity (Wildman–Crippen MR) is 107 cm³/mol. The number of carbonyl (C=O) groups is 1. The molecule has 2 heterocycles. The van der Waals surface area contributed by atoms with Gasteiger partial charge in [0.25, 0.3) is 0 Å². The SMILES string of the molecule is O=C(/C=C/c1cccc(F)c1)Nc1cc(-c2nnc3n2CCCCC3)ccc1F. The molecule has 0 radical (unpaired) electrons. The Morgan fingerprint density at radius 3 is 2.83 bits per heavy atom. The molecule has 4 rings (SSSR count). The molecule has 1 aliphatic heterocycles. The number of rotatable bonds is 4. The van der Waals surface area contributed by atoms with Gasteiger partial charge in [0.1, 0.15) is 17.5 Å². The largest absolute Gasteiger partial charge is 0.320 e. The number of fused-ring (bicyclic) bond motifs is 1. The van der Waals surface area contributed by atoms with Crippen molar-refractivity contribution in [1.82, 2.24) is 14.8 Å². The van der Waals surface area contributed by atoms with Crippen molar-refractivity contribution in [2.75, 3.05) is 5.32 Å². The van der Waals surface area contributed by atoms with E-state index in [1.165, 1.54) is 30.4 Å². The van der Waals surface area contributed by atoms with Crippen LogP contribution in [0.15, 0.2) is 48.5 Å². The van der Waals surface area contributed by atoms with Gasteiger partial charge in [-0.25, -0.2) is 8.78 Å². The summed E-state index contributed by atoms with van der Waals surface area (Å²) in [4.78, 5) is 12.2. The van der Waals surface area contributed by atoms with Gasteiger partial charge in [-0.15, -0.1) is 10.2 Å². The average molecular weight is 394 g/mol. The van der Waals surface area contributed by atoms with Crippen LogP contribution in [-0.2, 0) is 17.8 Å². The molecule has 0 spiro atoms. The van der Waals surface area contributed by atoms with Crippen LogP contribution in [0, 0.1) is 11.6 Å². The van der Waals surface area contributed by atoms with Gasteiger partial charge in [-0.1, -0.05) is 18.6 Å². The first kappa shape index (κ1) is 19.0. The van der Waals surface area contributed by atoms with Gasteiger partial charge >= 0.3 is 0 Å². The maximum absolute atomic E-state index is 14.3. The molecule has 2 aromatic carbocycles. The first-order chi connectivity index (χ1) is 14.1. The van der Waals surface area contributed by atoms with Crippen LogP contribution in [0.5, 0.6) is 0 Å². The molecule has 0 atom stereocenters. The number of nitrogens with zero attached hydrogens (tertiary/aromatic N) is 3. The van der Waals surface area contributed by atoms with Crippen molar-refractivity contribution in [2.24, 2.45) is 0 Å². The molecule has 3 aromatic rings. The van der Waals surface area contributed by atoms with E-state index in [-0.39, 0.29) is 5.69 Å². The Morgan fingerprint density at radius 1 is 1.07 bits per heavy atom. The smallest absolute Gasteiger partial charge is 0.248 e. The number of aromatic nitrogens is 3. The number of halogens is 2. The monoisotopic (exact) mass is 394 g/mol. The normalized spacial score (nSPS) is 13.9. The highest BCUT2D eigenvalue weighted by molar-refractivity contribution is 6.02. The number of hydrogen-bond acceptors (Lipinski definition) is 3. The molecular weight excluding hydrogens is 374 g/mol. The van der Waals surface area contributed by atoms with Crippen LogP contribution in [0.1, 0.15) is 30.7 Å². The van der Waals surface area contributed by atoms with Crippen molar-refractivity contribution in [3.63, 3.8) is 0 Å². The highest BCUT2D eigenvalue weighted by Crippen LogP contribution is 2.26. The molecule has 0 aliphatic carbocycles. The Hall–Kier alpha value is -3.35. The Kier molecular flexibility index (Phi) is 5.46. The van der Waals surface area contributed by atoms with Crippen LogP contribution in [-0.4, -0.2) is 20.7 Å². The lowest BCUT2D eigenvalue weighted by Crippen LogP contribution is -2.10. The maximum Gasteiger partial charge on any atom is 0.248 e. The summed E-state index contributed by atoms with van der Waals surface area (Å²) < 4.78 is 29.5. The summed E-state index contributed by atoms with van der Waals surface area (Å²) in [6.07, 6.45) is 6.87. The summed E-state index contributed by atoms with van der Waals surface area (Å²) in [5, 5.41) is 11.1. The summed E-state index contributed by atoms with van der Waals surface area (Å²) in [7, 11) is 0. The van der Waals surface area contributed by atoms with Gasteiger partial charge in [-0.3, -0.25) is 4.79 Å². The Labute approximate surface area is 167 Å². The minimum atomic E-state index is -0.545. The fourth-order valence-electron chi connectivity index (χ4n) is 3.42. The molecule has 29 heavy (non-hydrogen) atoms. The van der Waals surface area contributed by atoms with Gasteiger partial charge in [0, 0.05) is 24.6 Å². The summed E-state index contributed by atoms with van der Waals surface area (Å²) in [5.74, 6) is 0.166. The average Bonchev–Trinajstić information content (AvgIpc) is 2.96. The molecule has 1 N–H and O–H groups in total. The van der Waals surface area contributed by atoms with Crippen LogP contribution in [0.25, 0.3) is 17.5 Å². The van der Waals surface area contributed by atoms with Crippen LogP contribution in [0.2, 0.25) is 0 Å². The standard InChI is InChI=1S/C22H20F2N4O/c23-17-6-4-5-15(13-17)8-11-21(29)25-19-14-16(9-10-18(19)24)22-27-26-20-7-2-1-3-12-28(20)22/h4-6,8-11,13-14H,1-3,7,12H2,(H,25,29)/b11-8+. The van der Waals surface area contributed by atoms with E-state index >= 15 is 0 Å². The number of aryl methyl sites for hydroxylation is 1. The van der Waals surface area contributed by atoms with E-state index in [1.54, 1.807) is 24.3 Å². The molecule has 1 aromatic heterocycles. The third-order valence-corrected chi connectivity index (χ3v) is 4.87. The van der Waals surface area contributed by atoms with E-state index in [4.69, 9.17) is 0 Å². The second-order valence-corrected chi connectivity index (χ2v) is 6.97. The van der Waals surface area contributed by atoms with Crippen molar-refractivity contribution in [3.05, 3.63) is 71.6 Å². The zero-order chi connectivity index (χ0) is 20.2. The fraction of sp³-hybridized carbons (Fsp3) is 0.227. The van der Waals surface area contributed by atoms with E-state index in [0.717, 1.165) is 38.1 Å². The highest BCUT2D eigenvalue weighted by atomic mass is 19.1. The summed E-state index contributed by atoms with van der Waals surface area (Å²) in [6.45, 7) is 0.826. The number of amides is 1. The second-order valence-electron chi connectivity index (χ2n) is 6.97. The molecule has 0 fully saturated rings. The van der Waals surface area contributed by atoms with Crippen LogP contribution < -0.4 is 5.32 Å². The highest BCUT2D eigenvalue weighted by Gasteiger charge is 2.17. The van der Waals surface area contributed by atoms with Gasteiger partial charge < -0.3 is 9.88 Å². The minimum absolute atomic E-state index is 0.0577. The first-order valence-corrected chi connectivity index (χ1v) is 9.57. The van der Waals surface area contributed by atoms with Crippen molar-refractivity contribution in [1.29, 1.82) is 0 Å².